The van der Waals surface area contributed by atoms with Crippen LogP contribution in [-0.2, 0) is 0 Å². The largest absolute Gasteiger partial charge is 0.338 e. The number of fused-ring (bicyclic) bond motifs is 1. The molecule has 0 unspecified atom stereocenters. The summed E-state index contributed by atoms with van der Waals surface area (Å²) in [5.41, 5.74) is 2.91. The molecule has 0 aliphatic carbocycles. The summed E-state index contributed by atoms with van der Waals surface area (Å²) in [5.74, 6) is 0.0817. The zero-order valence-corrected chi connectivity index (χ0v) is 17.3. The van der Waals surface area contributed by atoms with Gasteiger partial charge in [-0.3, -0.25) is 20.2 Å². The first kappa shape index (κ1) is 20.5. The molecule has 1 amide bonds. The number of hydrogen-bond acceptors (Lipinski definition) is 5. The monoisotopic (exact) mass is 451 g/mol. The van der Waals surface area contributed by atoms with E-state index in [0.29, 0.717) is 16.5 Å². The highest BCUT2D eigenvalue weighted by Gasteiger charge is 2.14. The first-order valence-electron chi connectivity index (χ1n) is 9.02. The molecule has 0 aliphatic heterocycles. The van der Waals surface area contributed by atoms with E-state index in [9.17, 15) is 14.9 Å². The van der Waals surface area contributed by atoms with Gasteiger partial charge in [0.05, 0.1) is 26.7 Å². The van der Waals surface area contributed by atoms with Crippen molar-refractivity contribution in [3.05, 3.63) is 87.4 Å². The minimum atomic E-state index is -0.578. The Labute approximate surface area is 186 Å². The second-order valence-electron chi connectivity index (χ2n) is 6.51. The van der Waals surface area contributed by atoms with Crippen LogP contribution >= 0.6 is 23.8 Å². The predicted molar refractivity (Wildman–Crippen MR) is 123 cm³/mol. The number of carbonyl (C=O) groups excluding carboxylic acids is 1. The van der Waals surface area contributed by atoms with E-state index in [4.69, 9.17) is 23.8 Å². The third-order valence-corrected chi connectivity index (χ3v) is 4.96. The van der Waals surface area contributed by atoms with Crippen molar-refractivity contribution in [2.24, 2.45) is 0 Å². The van der Waals surface area contributed by atoms with E-state index in [-0.39, 0.29) is 16.4 Å². The van der Waals surface area contributed by atoms with Gasteiger partial charge in [0.2, 0.25) is 0 Å². The highest BCUT2D eigenvalue weighted by Crippen LogP contribution is 2.28. The van der Waals surface area contributed by atoms with Gasteiger partial charge in [0.1, 0.15) is 5.82 Å². The summed E-state index contributed by atoms with van der Waals surface area (Å²) in [7, 11) is 0. The summed E-state index contributed by atoms with van der Waals surface area (Å²) in [6.45, 7) is 0. The third kappa shape index (κ3) is 4.52. The molecule has 0 atom stereocenters. The Hall–Kier alpha value is -3.82. The van der Waals surface area contributed by atoms with Crippen molar-refractivity contribution in [3.8, 4) is 11.4 Å². The van der Waals surface area contributed by atoms with E-state index in [1.165, 1.54) is 24.3 Å². The molecule has 3 N–H and O–H groups in total. The second kappa shape index (κ2) is 8.50. The minimum absolute atomic E-state index is 0.000150. The number of anilines is 1. The molecule has 10 heteroatoms. The number of nitro groups is 1. The fraction of sp³-hybridized carbons (Fsp3) is 0. The molecule has 0 saturated carbocycles. The van der Waals surface area contributed by atoms with E-state index in [1.807, 2.05) is 30.3 Å². The average molecular weight is 452 g/mol. The van der Waals surface area contributed by atoms with Gasteiger partial charge in [-0.2, -0.15) is 0 Å². The van der Waals surface area contributed by atoms with Crippen LogP contribution in [0, 0.1) is 10.1 Å². The van der Waals surface area contributed by atoms with Crippen molar-refractivity contribution >= 4 is 57.2 Å². The minimum Gasteiger partial charge on any atom is -0.338 e. The molecule has 0 radical (unpaired) electrons. The number of hydrogen-bond donors (Lipinski definition) is 3. The van der Waals surface area contributed by atoms with Crippen LogP contribution in [0.25, 0.3) is 22.4 Å². The number of nitrogens with zero attached hydrogens (tertiary/aromatic N) is 2. The van der Waals surface area contributed by atoms with Crippen LogP contribution in [0.2, 0.25) is 5.02 Å². The van der Waals surface area contributed by atoms with Crippen LogP contribution < -0.4 is 10.6 Å². The van der Waals surface area contributed by atoms with E-state index >= 15 is 0 Å². The Balaban J connectivity index is 1.51. The lowest BCUT2D eigenvalue weighted by atomic mass is 10.2. The van der Waals surface area contributed by atoms with Gasteiger partial charge in [-0.05, 0) is 48.6 Å². The molecular weight excluding hydrogens is 438 g/mol. The number of benzene rings is 3. The van der Waals surface area contributed by atoms with Crippen LogP contribution in [0.5, 0.6) is 0 Å². The van der Waals surface area contributed by atoms with Gasteiger partial charge in [0.15, 0.2) is 5.11 Å². The van der Waals surface area contributed by atoms with Crippen LogP contribution in [0.15, 0.2) is 66.7 Å². The summed E-state index contributed by atoms with van der Waals surface area (Å²) in [4.78, 5) is 30.5. The standard InChI is InChI=1S/C21H14ClN5O3S/c22-15-9-8-12(19-23-16-6-1-2-7-17(16)24-19)11-18(15)25-21(31)26-20(28)13-4-3-5-14(10-13)27(29)30/h1-11H,(H,23,24)(H2,25,26,28,31). The van der Waals surface area contributed by atoms with Gasteiger partial charge >= 0.3 is 0 Å². The summed E-state index contributed by atoms with van der Waals surface area (Å²) in [6.07, 6.45) is 0. The smallest absolute Gasteiger partial charge is 0.270 e. The molecule has 0 fully saturated rings. The Morgan fingerprint density at radius 2 is 1.90 bits per heavy atom. The highest BCUT2D eigenvalue weighted by molar-refractivity contribution is 7.80. The maximum atomic E-state index is 12.4. The van der Waals surface area contributed by atoms with E-state index in [1.54, 1.807) is 12.1 Å². The number of aromatic nitrogens is 2. The lowest BCUT2D eigenvalue weighted by Crippen LogP contribution is -2.34. The van der Waals surface area contributed by atoms with Crippen LogP contribution in [-0.4, -0.2) is 25.9 Å². The Kier molecular flexibility index (Phi) is 5.61. The van der Waals surface area contributed by atoms with Crippen LogP contribution in [0.4, 0.5) is 11.4 Å². The predicted octanol–water partition coefficient (Wildman–Crippen LogP) is 4.92. The van der Waals surface area contributed by atoms with Gasteiger partial charge in [-0.25, -0.2) is 4.98 Å². The third-order valence-electron chi connectivity index (χ3n) is 4.42. The van der Waals surface area contributed by atoms with Gasteiger partial charge in [0, 0.05) is 23.3 Å². The SMILES string of the molecule is O=C(NC(=S)Nc1cc(-c2nc3ccccc3[nH]2)ccc1Cl)c1cccc([N+](=O)[O-])c1. The fourth-order valence-corrected chi connectivity index (χ4v) is 3.31. The molecule has 4 rings (SSSR count). The van der Waals surface area contributed by atoms with Crippen molar-refractivity contribution in [2.45, 2.75) is 0 Å². The summed E-state index contributed by atoms with van der Waals surface area (Å²) in [5, 5.41) is 16.7. The lowest BCUT2D eigenvalue weighted by Gasteiger charge is -2.12. The maximum Gasteiger partial charge on any atom is 0.270 e. The van der Waals surface area contributed by atoms with Crippen molar-refractivity contribution in [3.63, 3.8) is 0 Å². The normalized spacial score (nSPS) is 10.6. The van der Waals surface area contributed by atoms with Gasteiger partial charge in [-0.1, -0.05) is 29.8 Å². The molecule has 154 valence electrons. The number of H-pyrrole nitrogens is 1. The van der Waals surface area contributed by atoms with Gasteiger partial charge in [0.25, 0.3) is 11.6 Å². The van der Waals surface area contributed by atoms with Crippen molar-refractivity contribution in [1.29, 1.82) is 0 Å². The number of halogens is 1. The summed E-state index contributed by atoms with van der Waals surface area (Å²) in [6, 6.07) is 18.3. The molecule has 8 nitrogen and oxygen atoms in total. The molecule has 0 saturated heterocycles. The number of nitrogens with one attached hydrogen (secondary N) is 3. The van der Waals surface area contributed by atoms with E-state index in [2.05, 4.69) is 20.6 Å². The van der Waals surface area contributed by atoms with Crippen LogP contribution in [0.1, 0.15) is 10.4 Å². The zero-order valence-electron chi connectivity index (χ0n) is 15.8. The number of nitro benzene ring substituents is 1. The first-order valence-corrected chi connectivity index (χ1v) is 9.81. The molecule has 4 aromatic rings. The number of carbonyl (C=O) groups is 1. The number of imidazole rings is 1. The number of non-ortho nitro benzene ring substituents is 1. The van der Waals surface area contributed by atoms with Crippen molar-refractivity contribution in [2.75, 3.05) is 5.32 Å². The number of thiocarbonyl (C=S) groups is 1. The summed E-state index contributed by atoms with van der Waals surface area (Å²) >= 11 is 11.5. The molecule has 0 spiro atoms. The molecule has 0 bridgehead atoms. The molecule has 1 aromatic heterocycles. The number of amides is 1. The number of para-hydroxylation sites is 2. The van der Waals surface area contributed by atoms with Gasteiger partial charge < -0.3 is 10.3 Å². The molecule has 3 aromatic carbocycles. The second-order valence-corrected chi connectivity index (χ2v) is 7.33. The number of aromatic amines is 1. The van der Waals surface area contributed by atoms with E-state index < -0.39 is 10.8 Å². The highest BCUT2D eigenvalue weighted by atomic mass is 35.5. The number of rotatable bonds is 4. The molecule has 1 heterocycles. The van der Waals surface area contributed by atoms with Crippen LogP contribution in [0.3, 0.4) is 0 Å². The Morgan fingerprint density at radius 3 is 2.68 bits per heavy atom. The quantitative estimate of drug-likeness (QED) is 0.230. The Morgan fingerprint density at radius 1 is 1.10 bits per heavy atom. The zero-order chi connectivity index (χ0) is 22.0. The van der Waals surface area contributed by atoms with Gasteiger partial charge in [-0.15, -0.1) is 0 Å². The first-order chi connectivity index (χ1) is 14.9. The molecule has 0 aliphatic rings. The lowest BCUT2D eigenvalue weighted by molar-refractivity contribution is -0.384. The average Bonchev–Trinajstić information content (AvgIpc) is 3.19. The fourth-order valence-electron chi connectivity index (χ4n) is 2.95. The van der Waals surface area contributed by atoms with Crippen molar-refractivity contribution < 1.29 is 9.72 Å². The molecule has 31 heavy (non-hydrogen) atoms. The Bertz CT molecular complexity index is 1300. The maximum absolute atomic E-state index is 12.4. The molecular formula is C21H14ClN5O3S. The topological polar surface area (TPSA) is 113 Å². The van der Waals surface area contributed by atoms with E-state index in [0.717, 1.165) is 16.6 Å². The summed E-state index contributed by atoms with van der Waals surface area (Å²) < 4.78 is 0. The van der Waals surface area contributed by atoms with Crippen molar-refractivity contribution in [1.82, 2.24) is 15.3 Å².